The van der Waals surface area contributed by atoms with Crippen molar-refractivity contribution in [1.82, 2.24) is 9.88 Å². The molecule has 2 aliphatic heterocycles. The number of amidine groups is 2. The van der Waals surface area contributed by atoms with Crippen LogP contribution in [-0.4, -0.2) is 63.0 Å². The number of hydrogen-bond donors (Lipinski definition) is 3. The standard InChI is InChI=1S/C24H21Cl2N7O3S/c25-16-6-4-7-17(20(16)26)28-22-23(31-37(36)30-22)29-18-8-3-5-15(21(18)34)24(35)33-13-11-32(12-14-33)19-9-1-2-10-27-19/h1-10,34H,11-14H2,(H,28,30)(H,29,31). The van der Waals surface area contributed by atoms with Gasteiger partial charge in [-0.15, -0.1) is 8.80 Å². The first-order chi connectivity index (χ1) is 17.9. The lowest BCUT2D eigenvalue weighted by molar-refractivity contribution is 0.0743. The molecule has 2 aromatic carbocycles. The molecule has 13 heteroatoms. The summed E-state index contributed by atoms with van der Waals surface area (Å²) < 4.78 is 20.0. The quantitative estimate of drug-likeness (QED) is 0.415. The van der Waals surface area contributed by atoms with Crippen molar-refractivity contribution >= 4 is 69.1 Å². The topological polar surface area (TPSA) is 123 Å². The van der Waals surface area contributed by atoms with Gasteiger partial charge in [-0.05, 0) is 36.4 Å². The normalized spacial score (nSPS) is 17.3. The average Bonchev–Trinajstić information content (AvgIpc) is 3.26. The molecule has 3 aromatic rings. The highest BCUT2D eigenvalue weighted by molar-refractivity contribution is 7.83. The number of para-hydroxylation sites is 1. The van der Waals surface area contributed by atoms with Crippen LogP contribution >= 0.6 is 23.2 Å². The Morgan fingerprint density at radius 2 is 1.57 bits per heavy atom. The minimum Gasteiger partial charge on any atom is -0.505 e. The predicted octanol–water partition coefficient (Wildman–Crippen LogP) is 3.97. The third kappa shape index (κ3) is 5.38. The number of phenols is 1. The molecule has 1 amide bonds. The van der Waals surface area contributed by atoms with Crippen LogP contribution in [0.2, 0.25) is 10.0 Å². The maximum absolute atomic E-state index is 13.2. The van der Waals surface area contributed by atoms with Gasteiger partial charge >= 0.3 is 0 Å². The highest BCUT2D eigenvalue weighted by Crippen LogP contribution is 2.32. The molecular weight excluding hydrogens is 537 g/mol. The predicted molar refractivity (Wildman–Crippen MR) is 147 cm³/mol. The van der Waals surface area contributed by atoms with Crippen molar-refractivity contribution in [3.05, 3.63) is 76.4 Å². The van der Waals surface area contributed by atoms with E-state index in [2.05, 4.69) is 29.3 Å². The number of amides is 1. The molecule has 0 bridgehead atoms. The highest BCUT2D eigenvalue weighted by Gasteiger charge is 2.27. The van der Waals surface area contributed by atoms with Crippen molar-refractivity contribution in [3.63, 3.8) is 0 Å². The van der Waals surface area contributed by atoms with Gasteiger partial charge in [0.2, 0.25) is 0 Å². The van der Waals surface area contributed by atoms with Gasteiger partial charge in [0.15, 0.2) is 17.4 Å². The van der Waals surface area contributed by atoms with Crippen LogP contribution in [0.25, 0.3) is 0 Å². The minimum absolute atomic E-state index is 0.109. The van der Waals surface area contributed by atoms with E-state index in [0.717, 1.165) is 5.82 Å². The number of piperazine rings is 1. The number of hydrogen-bond acceptors (Lipinski definition) is 7. The van der Waals surface area contributed by atoms with Crippen LogP contribution in [0.4, 0.5) is 17.2 Å². The number of carbonyl (C=O) groups excluding carboxylic acids is 1. The summed E-state index contributed by atoms with van der Waals surface area (Å²) in [7, 11) is 0. The van der Waals surface area contributed by atoms with Crippen LogP contribution in [0.15, 0.2) is 69.6 Å². The van der Waals surface area contributed by atoms with Gasteiger partial charge in [0.25, 0.3) is 17.1 Å². The van der Waals surface area contributed by atoms with Gasteiger partial charge in [-0.1, -0.05) is 41.4 Å². The number of nitrogens with one attached hydrogen (secondary N) is 2. The lowest BCUT2D eigenvalue weighted by Crippen LogP contribution is -2.49. The first-order valence-corrected chi connectivity index (χ1v) is 13.1. The minimum atomic E-state index is -1.88. The van der Waals surface area contributed by atoms with Crippen LogP contribution in [0.1, 0.15) is 10.4 Å². The van der Waals surface area contributed by atoms with E-state index in [1.165, 1.54) is 0 Å². The third-order valence-corrected chi connectivity index (χ3v) is 7.32. The molecule has 1 aromatic heterocycles. The fourth-order valence-electron chi connectivity index (χ4n) is 3.95. The van der Waals surface area contributed by atoms with E-state index in [1.807, 2.05) is 18.2 Å². The van der Waals surface area contributed by atoms with Crippen molar-refractivity contribution in [2.75, 3.05) is 41.7 Å². The molecule has 190 valence electrons. The Kier molecular flexibility index (Phi) is 7.26. The molecule has 2 aliphatic rings. The Morgan fingerprint density at radius 1 is 0.892 bits per heavy atom. The van der Waals surface area contributed by atoms with Crippen molar-refractivity contribution in [3.8, 4) is 5.75 Å². The molecule has 0 spiro atoms. The van der Waals surface area contributed by atoms with Crippen LogP contribution in [0.3, 0.4) is 0 Å². The van der Waals surface area contributed by atoms with Crippen molar-refractivity contribution < 1.29 is 14.1 Å². The SMILES string of the molecule is O=C(c1cccc(NC2=NS(=O)N=C2Nc2cccc(Cl)c2Cl)c1O)N1CCN(c2ccccn2)CC1. The van der Waals surface area contributed by atoms with E-state index in [9.17, 15) is 14.1 Å². The van der Waals surface area contributed by atoms with Crippen molar-refractivity contribution in [1.29, 1.82) is 0 Å². The fourth-order valence-corrected chi connectivity index (χ4v) is 4.91. The molecule has 0 saturated carbocycles. The maximum Gasteiger partial charge on any atom is 0.269 e. The zero-order chi connectivity index (χ0) is 25.9. The zero-order valence-corrected chi connectivity index (χ0v) is 21.6. The van der Waals surface area contributed by atoms with Gasteiger partial charge in [0.05, 0.1) is 27.0 Å². The van der Waals surface area contributed by atoms with Crippen LogP contribution < -0.4 is 15.5 Å². The zero-order valence-electron chi connectivity index (χ0n) is 19.3. The number of carbonyl (C=O) groups is 1. The highest BCUT2D eigenvalue weighted by atomic mass is 35.5. The molecule has 1 unspecified atom stereocenters. The number of phenolic OH excluding ortho intramolecular Hbond substituents is 1. The summed E-state index contributed by atoms with van der Waals surface area (Å²) in [6, 6.07) is 15.5. The van der Waals surface area contributed by atoms with E-state index in [4.69, 9.17) is 23.2 Å². The fraction of sp³-hybridized carbons (Fsp3) is 0.167. The summed E-state index contributed by atoms with van der Waals surface area (Å²) in [6.07, 6.45) is 1.74. The molecule has 0 radical (unpaired) electrons. The summed E-state index contributed by atoms with van der Waals surface area (Å²) in [5.41, 5.74) is 0.793. The monoisotopic (exact) mass is 557 g/mol. The van der Waals surface area contributed by atoms with E-state index in [-0.39, 0.29) is 39.6 Å². The lowest BCUT2D eigenvalue weighted by Gasteiger charge is -2.35. The van der Waals surface area contributed by atoms with E-state index >= 15 is 0 Å². The second-order valence-electron chi connectivity index (χ2n) is 8.13. The second-order valence-corrected chi connectivity index (χ2v) is 9.74. The smallest absolute Gasteiger partial charge is 0.269 e. The van der Waals surface area contributed by atoms with Crippen molar-refractivity contribution in [2.24, 2.45) is 8.80 Å². The molecule has 3 heterocycles. The second kappa shape index (κ2) is 10.8. The molecule has 1 atom stereocenters. The van der Waals surface area contributed by atoms with Crippen LogP contribution in [0, 0.1) is 0 Å². The molecule has 3 N–H and O–H groups in total. The Morgan fingerprint density at radius 3 is 2.27 bits per heavy atom. The third-order valence-electron chi connectivity index (χ3n) is 5.83. The number of benzene rings is 2. The molecule has 37 heavy (non-hydrogen) atoms. The Balaban J connectivity index is 1.29. The maximum atomic E-state index is 13.2. The van der Waals surface area contributed by atoms with Crippen LogP contribution in [0.5, 0.6) is 5.75 Å². The molecule has 1 saturated heterocycles. The molecule has 0 aliphatic carbocycles. The summed E-state index contributed by atoms with van der Waals surface area (Å²) in [5, 5.41) is 17.4. The summed E-state index contributed by atoms with van der Waals surface area (Å²) in [6.45, 7) is 2.22. The molecular formula is C24H21Cl2N7O3S. The number of rotatable bonds is 4. The Hall–Kier alpha value is -3.67. The van der Waals surface area contributed by atoms with Crippen LogP contribution in [-0.2, 0) is 11.2 Å². The van der Waals surface area contributed by atoms with Gasteiger partial charge in [-0.3, -0.25) is 4.79 Å². The number of aromatic hydroxyl groups is 1. The van der Waals surface area contributed by atoms with Gasteiger partial charge < -0.3 is 25.5 Å². The Labute approximate surface area is 225 Å². The van der Waals surface area contributed by atoms with E-state index in [0.29, 0.717) is 36.9 Å². The van der Waals surface area contributed by atoms with E-state index < -0.39 is 11.2 Å². The Bertz CT molecular complexity index is 1430. The average molecular weight is 558 g/mol. The van der Waals surface area contributed by atoms with Crippen molar-refractivity contribution in [2.45, 2.75) is 0 Å². The first-order valence-electron chi connectivity index (χ1n) is 11.3. The summed E-state index contributed by atoms with van der Waals surface area (Å²) in [5.74, 6) is 0.572. The van der Waals surface area contributed by atoms with E-state index in [1.54, 1.807) is 47.5 Å². The van der Waals surface area contributed by atoms with Gasteiger partial charge in [-0.2, -0.15) is 0 Å². The molecule has 1 fully saturated rings. The summed E-state index contributed by atoms with van der Waals surface area (Å²) in [4.78, 5) is 21.4. The number of halogens is 2. The molecule has 10 nitrogen and oxygen atoms in total. The van der Waals surface area contributed by atoms with Gasteiger partial charge in [-0.25, -0.2) is 9.19 Å². The lowest BCUT2D eigenvalue weighted by atomic mass is 10.1. The number of pyridine rings is 1. The number of anilines is 3. The first kappa shape index (κ1) is 25.0. The van der Waals surface area contributed by atoms with Gasteiger partial charge in [0.1, 0.15) is 5.82 Å². The molecule has 5 rings (SSSR count). The summed E-state index contributed by atoms with van der Waals surface area (Å²) >= 11 is 10.4. The largest absolute Gasteiger partial charge is 0.505 e. The van der Waals surface area contributed by atoms with Gasteiger partial charge in [0, 0.05) is 32.4 Å². The number of nitrogens with zero attached hydrogens (tertiary/aromatic N) is 5. The number of aromatic nitrogens is 1.